The molecule has 0 spiro atoms. The molecule has 2 rings (SSSR count). The lowest BCUT2D eigenvalue weighted by molar-refractivity contribution is -0.190. The summed E-state index contributed by atoms with van der Waals surface area (Å²) in [6.45, 7) is 3.72. The average molecular weight is 282 g/mol. The molecule has 5 nitrogen and oxygen atoms in total. The highest BCUT2D eigenvalue weighted by atomic mass is 35.5. The Kier molecular flexibility index (Phi) is 4.06. The van der Waals surface area contributed by atoms with E-state index in [4.69, 9.17) is 21.2 Å². The molecule has 0 aromatic heterocycles. The van der Waals surface area contributed by atoms with E-state index in [1.807, 2.05) is 0 Å². The third kappa shape index (κ3) is 3.48. The van der Waals surface area contributed by atoms with E-state index >= 15 is 0 Å². The topological polar surface area (TPSA) is 55.8 Å². The Morgan fingerprint density at radius 2 is 1.79 bits per heavy atom. The molecule has 0 radical (unpaired) electrons. The van der Waals surface area contributed by atoms with Gasteiger partial charge in [0.25, 0.3) is 11.8 Å². The zero-order valence-corrected chi connectivity index (χ0v) is 10.9. The van der Waals surface area contributed by atoms with E-state index in [1.165, 1.54) is 0 Å². The number of benzene rings is 1. The molecule has 0 N–H and O–H groups in total. The number of imide groups is 1. The summed E-state index contributed by atoms with van der Waals surface area (Å²) >= 11 is 5.76. The monoisotopic (exact) mass is 281 g/mol. The molecule has 1 aliphatic heterocycles. The molecule has 1 aromatic rings. The van der Waals surface area contributed by atoms with Crippen molar-refractivity contribution in [1.29, 1.82) is 0 Å². The Labute approximate surface area is 115 Å². The fourth-order valence-electron chi connectivity index (χ4n) is 1.53. The first-order valence-electron chi connectivity index (χ1n) is 5.66. The highest BCUT2D eigenvalue weighted by Gasteiger charge is 2.31. The lowest BCUT2D eigenvalue weighted by Gasteiger charge is -2.16. The Morgan fingerprint density at radius 3 is 2.37 bits per heavy atom. The van der Waals surface area contributed by atoms with E-state index in [1.54, 1.807) is 24.3 Å². The maximum absolute atomic E-state index is 11.3. The van der Waals surface area contributed by atoms with Gasteiger partial charge in [-0.25, -0.2) is 0 Å². The molecular formula is C13H12ClNO4. The predicted molar refractivity (Wildman–Crippen MR) is 67.6 cm³/mol. The van der Waals surface area contributed by atoms with Crippen LogP contribution in [0.25, 0.3) is 0 Å². The Hall–Kier alpha value is -2.01. The number of carbonyl (C=O) groups excluding carboxylic acids is 2. The van der Waals surface area contributed by atoms with Crippen molar-refractivity contribution in [3.63, 3.8) is 0 Å². The molecule has 19 heavy (non-hydrogen) atoms. The lowest BCUT2D eigenvalue weighted by atomic mass is 10.2. The van der Waals surface area contributed by atoms with Crippen molar-refractivity contribution >= 4 is 23.4 Å². The number of amides is 2. The van der Waals surface area contributed by atoms with E-state index < -0.39 is 0 Å². The van der Waals surface area contributed by atoms with Gasteiger partial charge in [0.1, 0.15) is 6.61 Å². The molecule has 0 atom stereocenters. The van der Waals surface area contributed by atoms with Gasteiger partial charge in [-0.1, -0.05) is 23.7 Å². The third-order valence-electron chi connectivity index (χ3n) is 2.51. The minimum Gasteiger partial charge on any atom is -0.459 e. The van der Waals surface area contributed by atoms with Crippen LogP contribution in [0.1, 0.15) is 18.4 Å². The fraction of sp³-hybridized carbons (Fsp3) is 0.231. The van der Waals surface area contributed by atoms with Crippen LogP contribution in [-0.2, 0) is 25.8 Å². The summed E-state index contributed by atoms with van der Waals surface area (Å²) in [6, 6.07) is 7.05. The molecule has 0 aliphatic carbocycles. The quantitative estimate of drug-likeness (QED) is 0.614. The molecule has 1 aliphatic rings. The number of hydrogen-bond acceptors (Lipinski definition) is 4. The largest absolute Gasteiger partial charge is 0.459 e. The van der Waals surface area contributed by atoms with Gasteiger partial charge in [0.2, 0.25) is 0 Å². The SMILES string of the molecule is C=C(OCc1ccc(Cl)cc1)ON1C(=O)CCC1=O. The maximum atomic E-state index is 11.3. The summed E-state index contributed by atoms with van der Waals surface area (Å²) < 4.78 is 5.22. The molecule has 0 unspecified atom stereocenters. The average Bonchev–Trinajstić information content (AvgIpc) is 2.70. The number of nitrogens with zero attached hydrogens (tertiary/aromatic N) is 1. The van der Waals surface area contributed by atoms with Gasteiger partial charge in [0.15, 0.2) is 0 Å². The molecule has 1 heterocycles. The number of carbonyl (C=O) groups is 2. The molecule has 100 valence electrons. The summed E-state index contributed by atoms with van der Waals surface area (Å²) in [5, 5.41) is 1.32. The molecule has 0 bridgehead atoms. The molecule has 2 amide bonds. The van der Waals surface area contributed by atoms with E-state index in [0.29, 0.717) is 10.1 Å². The van der Waals surface area contributed by atoms with Gasteiger partial charge < -0.3 is 9.57 Å². The van der Waals surface area contributed by atoms with Crippen LogP contribution in [0.2, 0.25) is 5.02 Å². The maximum Gasteiger partial charge on any atom is 0.300 e. The van der Waals surface area contributed by atoms with Crippen molar-refractivity contribution in [3.05, 3.63) is 47.4 Å². The normalized spacial score (nSPS) is 14.7. The lowest BCUT2D eigenvalue weighted by Crippen LogP contribution is -2.29. The second-order valence-corrected chi connectivity index (χ2v) is 4.40. The number of halogens is 1. The Morgan fingerprint density at radius 1 is 1.21 bits per heavy atom. The second kappa shape index (κ2) is 5.75. The Balaban J connectivity index is 1.83. The van der Waals surface area contributed by atoms with Crippen LogP contribution >= 0.6 is 11.6 Å². The summed E-state index contributed by atoms with van der Waals surface area (Å²) in [5.74, 6) is -0.874. The molecule has 1 fully saturated rings. The van der Waals surface area contributed by atoms with Crippen molar-refractivity contribution in [3.8, 4) is 0 Å². The van der Waals surface area contributed by atoms with Gasteiger partial charge in [-0.3, -0.25) is 9.59 Å². The van der Waals surface area contributed by atoms with Crippen LogP contribution < -0.4 is 0 Å². The van der Waals surface area contributed by atoms with E-state index in [0.717, 1.165) is 5.56 Å². The van der Waals surface area contributed by atoms with Gasteiger partial charge in [-0.05, 0) is 24.3 Å². The van der Waals surface area contributed by atoms with Crippen LogP contribution in [0.15, 0.2) is 36.8 Å². The Bertz CT molecular complexity index is 496. The first-order valence-corrected chi connectivity index (χ1v) is 6.04. The zero-order valence-electron chi connectivity index (χ0n) is 10.1. The number of hydrogen-bond donors (Lipinski definition) is 0. The summed E-state index contributed by atoms with van der Waals surface area (Å²) in [7, 11) is 0. The van der Waals surface area contributed by atoms with Crippen molar-refractivity contribution < 1.29 is 19.2 Å². The van der Waals surface area contributed by atoms with E-state index in [2.05, 4.69) is 6.58 Å². The minimum absolute atomic E-state index is 0.0986. The van der Waals surface area contributed by atoms with Gasteiger partial charge in [0.05, 0.1) is 0 Å². The summed E-state index contributed by atoms with van der Waals surface area (Å²) in [4.78, 5) is 27.6. The minimum atomic E-state index is -0.388. The van der Waals surface area contributed by atoms with Crippen LogP contribution in [-0.4, -0.2) is 16.9 Å². The van der Waals surface area contributed by atoms with E-state index in [9.17, 15) is 9.59 Å². The van der Waals surface area contributed by atoms with E-state index in [-0.39, 0.29) is 37.2 Å². The first-order chi connectivity index (χ1) is 9.06. The summed E-state index contributed by atoms with van der Waals surface area (Å²) in [5.41, 5.74) is 0.869. The van der Waals surface area contributed by atoms with Crippen LogP contribution in [0.4, 0.5) is 0 Å². The van der Waals surface area contributed by atoms with Crippen molar-refractivity contribution in [2.45, 2.75) is 19.4 Å². The smallest absolute Gasteiger partial charge is 0.300 e. The van der Waals surface area contributed by atoms with Crippen molar-refractivity contribution in [1.82, 2.24) is 5.06 Å². The number of rotatable bonds is 5. The number of ether oxygens (including phenoxy) is 1. The van der Waals surface area contributed by atoms with Crippen LogP contribution in [0, 0.1) is 0 Å². The number of hydroxylamine groups is 2. The second-order valence-electron chi connectivity index (χ2n) is 3.96. The van der Waals surface area contributed by atoms with Gasteiger partial charge >= 0.3 is 5.95 Å². The van der Waals surface area contributed by atoms with Gasteiger partial charge in [-0.2, -0.15) is 0 Å². The fourth-order valence-corrected chi connectivity index (χ4v) is 1.66. The zero-order chi connectivity index (χ0) is 13.8. The van der Waals surface area contributed by atoms with Crippen LogP contribution in [0.3, 0.4) is 0 Å². The van der Waals surface area contributed by atoms with Crippen LogP contribution in [0.5, 0.6) is 0 Å². The molecular weight excluding hydrogens is 270 g/mol. The predicted octanol–water partition coefficient (Wildman–Crippen LogP) is 2.41. The first kappa shape index (κ1) is 13.4. The standard InChI is InChI=1S/C13H12ClNO4/c1-9(19-15-12(16)6-7-13(15)17)18-8-10-2-4-11(14)5-3-10/h2-5H,1,6-8H2. The highest BCUT2D eigenvalue weighted by molar-refractivity contribution is 6.30. The third-order valence-corrected chi connectivity index (χ3v) is 2.76. The molecule has 6 heteroatoms. The van der Waals surface area contributed by atoms with Crippen molar-refractivity contribution in [2.24, 2.45) is 0 Å². The molecule has 1 saturated heterocycles. The highest BCUT2D eigenvalue weighted by Crippen LogP contribution is 2.16. The molecule has 0 saturated carbocycles. The molecule has 1 aromatic carbocycles. The van der Waals surface area contributed by atoms with Gasteiger partial charge in [0, 0.05) is 17.9 Å². The van der Waals surface area contributed by atoms with Gasteiger partial charge in [-0.15, -0.1) is 5.06 Å². The van der Waals surface area contributed by atoms with Crippen molar-refractivity contribution in [2.75, 3.05) is 0 Å². The summed E-state index contributed by atoms with van der Waals surface area (Å²) in [6.07, 6.45) is 0.312.